The summed E-state index contributed by atoms with van der Waals surface area (Å²) in [6, 6.07) is 9.86. The minimum Gasteiger partial charge on any atom is -0.481 e. The maximum absolute atomic E-state index is 12.0. The summed E-state index contributed by atoms with van der Waals surface area (Å²) in [5.41, 5.74) is 2.80. The lowest BCUT2D eigenvalue weighted by molar-refractivity contribution is -0.140. The molecule has 1 aliphatic heterocycles. The molecule has 108 valence electrons. The highest BCUT2D eigenvalue weighted by Crippen LogP contribution is 2.48. The van der Waals surface area contributed by atoms with E-state index in [1.54, 1.807) is 11.9 Å². The Morgan fingerprint density at radius 2 is 2.00 bits per heavy atom. The van der Waals surface area contributed by atoms with E-state index in [9.17, 15) is 14.7 Å². The molecular weight excluding hydrogens is 286 g/mol. The zero-order valence-corrected chi connectivity index (χ0v) is 12.6. The molecule has 0 aliphatic carbocycles. The number of nitrogens with zero attached hydrogens (tertiary/aromatic N) is 1. The number of benzene rings is 1. The van der Waals surface area contributed by atoms with E-state index in [-0.39, 0.29) is 12.3 Å². The number of hydrogen-bond donors (Lipinski definition) is 1. The van der Waals surface area contributed by atoms with Crippen molar-refractivity contribution in [2.45, 2.75) is 19.3 Å². The third kappa shape index (κ3) is 2.14. The Bertz CT molecular complexity index is 721. The number of carbonyl (C=O) groups excluding carboxylic acids is 1. The minimum absolute atomic E-state index is 0.0347. The first-order valence-electron chi connectivity index (χ1n) is 6.68. The molecule has 1 N–H and O–H groups in total. The van der Waals surface area contributed by atoms with Gasteiger partial charge in [-0.1, -0.05) is 30.3 Å². The number of rotatable bonds is 2. The summed E-state index contributed by atoms with van der Waals surface area (Å²) in [5.74, 6) is -1.81. The number of carboxylic acid groups (broad SMARTS) is 1. The first-order valence-corrected chi connectivity index (χ1v) is 7.50. The summed E-state index contributed by atoms with van der Waals surface area (Å²) in [6.07, 6.45) is 0.0347. The fourth-order valence-electron chi connectivity index (χ4n) is 2.77. The van der Waals surface area contributed by atoms with Gasteiger partial charge in [0.05, 0.1) is 5.69 Å². The Labute approximate surface area is 126 Å². The molecule has 1 aliphatic rings. The fourth-order valence-corrected chi connectivity index (χ4v) is 4.21. The van der Waals surface area contributed by atoms with Gasteiger partial charge < -0.3 is 10.0 Å². The maximum Gasteiger partial charge on any atom is 0.312 e. The van der Waals surface area contributed by atoms with Gasteiger partial charge in [0.25, 0.3) is 0 Å². The highest BCUT2D eigenvalue weighted by molar-refractivity contribution is 7.16. The van der Waals surface area contributed by atoms with Crippen molar-refractivity contribution in [2.24, 2.45) is 0 Å². The SMILES string of the molecule is Cc1c(-c2ccccc2)sc2c1N(C)C(=O)CC2C(=O)O. The Morgan fingerprint density at radius 1 is 1.33 bits per heavy atom. The summed E-state index contributed by atoms with van der Waals surface area (Å²) in [7, 11) is 1.72. The number of carboxylic acids is 1. The second kappa shape index (κ2) is 5.00. The van der Waals surface area contributed by atoms with Crippen LogP contribution in [0.2, 0.25) is 0 Å². The number of aliphatic carboxylic acids is 1. The summed E-state index contributed by atoms with van der Waals surface area (Å²) in [4.78, 5) is 26.9. The number of amides is 1. The number of fused-ring (bicyclic) bond motifs is 1. The van der Waals surface area contributed by atoms with Gasteiger partial charge >= 0.3 is 5.97 Å². The van der Waals surface area contributed by atoms with E-state index >= 15 is 0 Å². The largest absolute Gasteiger partial charge is 0.481 e. The third-order valence-corrected chi connectivity index (χ3v) is 5.32. The Hall–Kier alpha value is -2.14. The predicted octanol–water partition coefficient (Wildman–Crippen LogP) is 3.26. The third-order valence-electron chi connectivity index (χ3n) is 3.88. The van der Waals surface area contributed by atoms with Crippen molar-refractivity contribution in [1.29, 1.82) is 0 Å². The normalized spacial score (nSPS) is 17.7. The number of thiophene rings is 1. The van der Waals surface area contributed by atoms with Crippen molar-refractivity contribution in [3.63, 3.8) is 0 Å². The van der Waals surface area contributed by atoms with Crippen molar-refractivity contribution >= 4 is 28.9 Å². The van der Waals surface area contributed by atoms with Crippen molar-refractivity contribution in [3.8, 4) is 10.4 Å². The lowest BCUT2D eigenvalue weighted by Gasteiger charge is -2.27. The number of hydrogen-bond acceptors (Lipinski definition) is 3. The van der Waals surface area contributed by atoms with Crippen LogP contribution in [0.15, 0.2) is 30.3 Å². The zero-order valence-electron chi connectivity index (χ0n) is 11.8. The van der Waals surface area contributed by atoms with Gasteiger partial charge in [-0.2, -0.15) is 0 Å². The van der Waals surface area contributed by atoms with Gasteiger partial charge in [0.2, 0.25) is 5.91 Å². The standard InChI is InChI=1S/C16H15NO3S/c1-9-13-15(11(16(19)20)8-12(18)17(13)2)21-14(9)10-6-4-3-5-7-10/h3-7,11H,8H2,1-2H3,(H,19,20). The van der Waals surface area contributed by atoms with E-state index in [4.69, 9.17) is 0 Å². The van der Waals surface area contributed by atoms with Crippen LogP contribution in [0.25, 0.3) is 10.4 Å². The van der Waals surface area contributed by atoms with Gasteiger partial charge in [-0.25, -0.2) is 0 Å². The monoisotopic (exact) mass is 301 g/mol. The lowest BCUT2D eigenvalue weighted by Crippen LogP contribution is -2.34. The van der Waals surface area contributed by atoms with Crippen LogP contribution in [0.1, 0.15) is 22.8 Å². The summed E-state index contributed by atoms with van der Waals surface area (Å²) < 4.78 is 0. The fraction of sp³-hybridized carbons (Fsp3) is 0.250. The van der Waals surface area contributed by atoms with Crippen LogP contribution in [0.5, 0.6) is 0 Å². The summed E-state index contributed by atoms with van der Waals surface area (Å²) in [6.45, 7) is 1.95. The van der Waals surface area contributed by atoms with Crippen molar-refractivity contribution in [1.82, 2.24) is 0 Å². The molecule has 3 rings (SSSR count). The zero-order chi connectivity index (χ0) is 15.1. The second-order valence-corrected chi connectivity index (χ2v) is 6.23. The molecule has 1 aromatic heterocycles. The molecule has 21 heavy (non-hydrogen) atoms. The van der Waals surface area contributed by atoms with E-state index in [0.29, 0.717) is 0 Å². The van der Waals surface area contributed by atoms with Crippen LogP contribution in [0.4, 0.5) is 5.69 Å². The molecule has 0 spiro atoms. The number of anilines is 1. The summed E-state index contributed by atoms with van der Waals surface area (Å²) in [5, 5.41) is 9.40. The Balaban J connectivity index is 2.21. The van der Waals surface area contributed by atoms with Gasteiger partial charge in [-0.3, -0.25) is 9.59 Å². The first-order chi connectivity index (χ1) is 10.0. The van der Waals surface area contributed by atoms with Gasteiger partial charge in [0.1, 0.15) is 5.92 Å². The van der Waals surface area contributed by atoms with E-state index in [1.807, 2.05) is 37.3 Å². The van der Waals surface area contributed by atoms with Crippen molar-refractivity contribution in [2.75, 3.05) is 11.9 Å². The first kappa shape index (κ1) is 13.8. The molecule has 1 amide bonds. The van der Waals surface area contributed by atoms with Gasteiger partial charge in [0.15, 0.2) is 0 Å². The second-order valence-electron chi connectivity index (χ2n) is 5.18. The van der Waals surface area contributed by atoms with Crippen LogP contribution in [0.3, 0.4) is 0 Å². The van der Waals surface area contributed by atoms with E-state index < -0.39 is 11.9 Å². The highest BCUT2D eigenvalue weighted by atomic mass is 32.1. The lowest BCUT2D eigenvalue weighted by atomic mass is 9.95. The van der Waals surface area contributed by atoms with Gasteiger partial charge in [-0.05, 0) is 18.1 Å². The van der Waals surface area contributed by atoms with Crippen LogP contribution >= 0.6 is 11.3 Å². The molecule has 0 saturated carbocycles. The summed E-state index contributed by atoms with van der Waals surface area (Å²) >= 11 is 1.48. The van der Waals surface area contributed by atoms with Gasteiger partial charge in [0, 0.05) is 23.2 Å². The molecule has 1 unspecified atom stereocenters. The highest BCUT2D eigenvalue weighted by Gasteiger charge is 2.37. The molecule has 0 fully saturated rings. The quantitative estimate of drug-likeness (QED) is 0.926. The van der Waals surface area contributed by atoms with Crippen LogP contribution in [-0.4, -0.2) is 24.0 Å². The van der Waals surface area contributed by atoms with E-state index in [1.165, 1.54) is 11.3 Å². The molecule has 1 aromatic carbocycles. The molecule has 1 atom stereocenters. The Kier molecular flexibility index (Phi) is 3.29. The molecular formula is C16H15NO3S. The number of carbonyl (C=O) groups is 2. The molecule has 2 aromatic rings. The van der Waals surface area contributed by atoms with Crippen molar-refractivity contribution in [3.05, 3.63) is 40.8 Å². The minimum atomic E-state index is -0.932. The topological polar surface area (TPSA) is 57.6 Å². The van der Waals surface area contributed by atoms with E-state index in [2.05, 4.69) is 0 Å². The molecule has 5 heteroatoms. The van der Waals surface area contributed by atoms with Crippen LogP contribution in [-0.2, 0) is 9.59 Å². The molecule has 0 saturated heterocycles. The Morgan fingerprint density at radius 3 is 2.62 bits per heavy atom. The molecule has 0 bridgehead atoms. The molecule has 0 radical (unpaired) electrons. The van der Waals surface area contributed by atoms with Crippen molar-refractivity contribution < 1.29 is 14.7 Å². The molecule has 4 nitrogen and oxygen atoms in total. The maximum atomic E-state index is 12.0. The van der Waals surface area contributed by atoms with Gasteiger partial charge in [-0.15, -0.1) is 11.3 Å². The van der Waals surface area contributed by atoms with E-state index in [0.717, 1.165) is 26.6 Å². The smallest absolute Gasteiger partial charge is 0.312 e. The van der Waals surface area contributed by atoms with Crippen LogP contribution in [0, 0.1) is 6.92 Å². The van der Waals surface area contributed by atoms with Crippen LogP contribution < -0.4 is 4.90 Å². The average molecular weight is 301 g/mol. The predicted molar refractivity (Wildman–Crippen MR) is 82.9 cm³/mol. The molecule has 2 heterocycles. The average Bonchev–Trinajstić information content (AvgIpc) is 2.81.